The maximum absolute atomic E-state index is 14.2. The van der Waals surface area contributed by atoms with Crippen molar-refractivity contribution in [3.05, 3.63) is 65.2 Å². The van der Waals surface area contributed by atoms with Gasteiger partial charge in [-0.3, -0.25) is 9.59 Å². The number of hydrogen-bond acceptors (Lipinski definition) is 3. The fourth-order valence-corrected chi connectivity index (χ4v) is 6.57. The lowest BCUT2D eigenvalue weighted by molar-refractivity contribution is -0.162. The van der Waals surface area contributed by atoms with Crippen molar-refractivity contribution < 1.29 is 14.3 Å². The number of aryl methyl sites for hydroxylation is 1. The van der Waals surface area contributed by atoms with Gasteiger partial charge in [-0.2, -0.15) is 0 Å². The number of unbranched alkanes of at least 4 members (excludes halogenated alkanes) is 3. The first-order valence-electron chi connectivity index (χ1n) is 14.6. The molecule has 2 amide bonds. The van der Waals surface area contributed by atoms with Crippen LogP contribution in [0.1, 0.15) is 106 Å². The first-order chi connectivity index (χ1) is 18.2. The van der Waals surface area contributed by atoms with E-state index < -0.39 is 6.04 Å². The highest BCUT2D eigenvalue weighted by molar-refractivity contribution is 5.96. The summed E-state index contributed by atoms with van der Waals surface area (Å²) in [6.45, 7) is 3.12. The third-order valence-electron chi connectivity index (χ3n) is 8.54. The number of carbonyl (C=O) groups excluding carboxylic acids is 2. The minimum absolute atomic E-state index is 0.0607. The van der Waals surface area contributed by atoms with Gasteiger partial charge in [0.25, 0.3) is 5.91 Å². The molecule has 0 radical (unpaired) electrons. The van der Waals surface area contributed by atoms with Crippen molar-refractivity contribution >= 4 is 11.8 Å². The summed E-state index contributed by atoms with van der Waals surface area (Å²) in [4.78, 5) is 31.9. The lowest BCUT2D eigenvalue weighted by atomic mass is 9.84. The molecule has 1 saturated heterocycles. The molecule has 0 N–H and O–H groups in total. The van der Waals surface area contributed by atoms with Gasteiger partial charge in [-0.05, 0) is 67.3 Å². The molecule has 5 rings (SSSR count). The van der Waals surface area contributed by atoms with E-state index in [2.05, 4.69) is 31.2 Å². The van der Waals surface area contributed by atoms with Gasteiger partial charge < -0.3 is 14.5 Å². The first-order valence-corrected chi connectivity index (χ1v) is 14.6. The zero-order valence-electron chi connectivity index (χ0n) is 22.4. The largest absolute Gasteiger partial charge is 0.494 e. The van der Waals surface area contributed by atoms with E-state index in [4.69, 9.17) is 4.74 Å². The topological polar surface area (TPSA) is 49.9 Å². The van der Waals surface area contributed by atoms with Crippen LogP contribution in [-0.4, -0.2) is 40.8 Å². The summed E-state index contributed by atoms with van der Waals surface area (Å²) in [6, 6.07) is 15.9. The van der Waals surface area contributed by atoms with Crippen LogP contribution < -0.4 is 4.74 Å². The molecule has 1 saturated carbocycles. The van der Waals surface area contributed by atoms with E-state index in [1.807, 2.05) is 34.1 Å². The van der Waals surface area contributed by atoms with Crippen LogP contribution in [0.4, 0.5) is 0 Å². The van der Waals surface area contributed by atoms with Crippen LogP contribution in [0.5, 0.6) is 5.75 Å². The molecule has 2 fully saturated rings. The highest BCUT2D eigenvalue weighted by Gasteiger charge is 2.46. The summed E-state index contributed by atoms with van der Waals surface area (Å²) in [5.74, 6) is 0.990. The first kappa shape index (κ1) is 25.8. The number of rotatable bonds is 9. The van der Waals surface area contributed by atoms with Gasteiger partial charge in [0.15, 0.2) is 0 Å². The highest BCUT2D eigenvalue weighted by atomic mass is 16.5. The molecule has 37 heavy (non-hydrogen) atoms. The van der Waals surface area contributed by atoms with Gasteiger partial charge in [0.1, 0.15) is 18.3 Å². The third-order valence-corrected chi connectivity index (χ3v) is 8.54. The molecule has 1 aliphatic heterocycles. The molecule has 2 aromatic rings. The zero-order valence-corrected chi connectivity index (χ0v) is 22.4. The molecular formula is C32H42N2O3. The SMILES string of the molecule is CCCCCCOc1ccc(C2C(=O)N(C3CCCCC3)CC(=O)N2C2CCCc3ccccc32)cc1. The molecule has 0 bridgehead atoms. The lowest BCUT2D eigenvalue weighted by Gasteiger charge is -2.48. The third kappa shape index (κ3) is 5.71. The summed E-state index contributed by atoms with van der Waals surface area (Å²) in [7, 11) is 0. The summed E-state index contributed by atoms with van der Waals surface area (Å²) in [5, 5.41) is 0. The van der Waals surface area contributed by atoms with Crippen molar-refractivity contribution in [3.8, 4) is 5.75 Å². The van der Waals surface area contributed by atoms with E-state index in [-0.39, 0.29) is 30.4 Å². The molecule has 5 nitrogen and oxygen atoms in total. The number of nitrogens with zero attached hydrogens (tertiary/aromatic N) is 2. The fraction of sp³-hybridized carbons (Fsp3) is 0.562. The summed E-state index contributed by atoms with van der Waals surface area (Å²) >= 11 is 0. The van der Waals surface area contributed by atoms with E-state index in [0.29, 0.717) is 6.61 Å². The monoisotopic (exact) mass is 502 g/mol. The van der Waals surface area contributed by atoms with Crippen LogP contribution >= 0.6 is 0 Å². The van der Waals surface area contributed by atoms with Crippen molar-refractivity contribution in [1.29, 1.82) is 0 Å². The number of amides is 2. The van der Waals surface area contributed by atoms with Crippen LogP contribution in [0.25, 0.3) is 0 Å². The molecule has 2 atom stereocenters. The van der Waals surface area contributed by atoms with Crippen LogP contribution in [0.2, 0.25) is 0 Å². The Morgan fingerprint density at radius 2 is 1.65 bits per heavy atom. The van der Waals surface area contributed by atoms with Crippen LogP contribution in [-0.2, 0) is 16.0 Å². The molecule has 5 heteroatoms. The molecule has 2 aromatic carbocycles. The Hall–Kier alpha value is -2.82. The number of carbonyl (C=O) groups is 2. The van der Waals surface area contributed by atoms with E-state index >= 15 is 0 Å². The van der Waals surface area contributed by atoms with Gasteiger partial charge in [-0.1, -0.05) is 81.8 Å². The standard InChI is InChI=1S/C32H42N2O3/c1-2-3-4-10-22-37-27-20-18-25(19-21-27)31-32(36)33(26-14-6-5-7-15-26)23-30(35)34(31)29-17-11-13-24-12-8-9-16-28(24)29/h8-9,12,16,18-21,26,29,31H,2-7,10-11,13-15,17,22-23H2,1H3. The molecule has 0 aromatic heterocycles. The van der Waals surface area contributed by atoms with Gasteiger partial charge in [0, 0.05) is 6.04 Å². The Labute approximate surface area is 222 Å². The fourth-order valence-electron chi connectivity index (χ4n) is 6.57. The average molecular weight is 503 g/mol. The Balaban J connectivity index is 1.43. The van der Waals surface area contributed by atoms with Crippen molar-refractivity contribution in [2.45, 2.75) is 102 Å². The second kappa shape index (κ2) is 12.1. The van der Waals surface area contributed by atoms with Gasteiger partial charge in [-0.25, -0.2) is 0 Å². The lowest BCUT2D eigenvalue weighted by Crippen LogP contribution is -2.59. The smallest absolute Gasteiger partial charge is 0.250 e. The van der Waals surface area contributed by atoms with Gasteiger partial charge in [0.05, 0.1) is 12.6 Å². The normalized spacial score (nSPS) is 22.7. The molecule has 1 heterocycles. The number of piperazine rings is 1. The number of ether oxygens (including phenoxy) is 1. The van der Waals surface area contributed by atoms with Crippen LogP contribution in [0.15, 0.2) is 48.5 Å². The zero-order chi connectivity index (χ0) is 25.6. The second-order valence-electron chi connectivity index (χ2n) is 11.0. The second-order valence-corrected chi connectivity index (χ2v) is 11.0. The summed E-state index contributed by atoms with van der Waals surface area (Å²) in [6.07, 6.45) is 13.1. The van der Waals surface area contributed by atoms with Gasteiger partial charge >= 0.3 is 0 Å². The van der Waals surface area contributed by atoms with Crippen LogP contribution in [0, 0.1) is 0 Å². The molecule has 0 spiro atoms. The van der Waals surface area contributed by atoms with E-state index in [9.17, 15) is 9.59 Å². The maximum Gasteiger partial charge on any atom is 0.250 e. The predicted octanol–water partition coefficient (Wildman–Crippen LogP) is 6.77. The van der Waals surface area contributed by atoms with Crippen molar-refractivity contribution in [2.75, 3.05) is 13.2 Å². The molecule has 2 aliphatic carbocycles. The number of benzene rings is 2. The van der Waals surface area contributed by atoms with Gasteiger partial charge in [-0.15, -0.1) is 0 Å². The molecule has 198 valence electrons. The molecule has 3 aliphatic rings. The Morgan fingerprint density at radius 3 is 2.43 bits per heavy atom. The Morgan fingerprint density at radius 1 is 0.865 bits per heavy atom. The maximum atomic E-state index is 14.2. The minimum atomic E-state index is -0.585. The summed E-state index contributed by atoms with van der Waals surface area (Å²) < 4.78 is 5.97. The Kier molecular flexibility index (Phi) is 8.48. The summed E-state index contributed by atoms with van der Waals surface area (Å²) in [5.41, 5.74) is 3.40. The van der Waals surface area contributed by atoms with Crippen molar-refractivity contribution in [3.63, 3.8) is 0 Å². The van der Waals surface area contributed by atoms with E-state index in [1.165, 1.54) is 36.8 Å². The molecule has 2 unspecified atom stereocenters. The Bertz CT molecular complexity index is 1060. The van der Waals surface area contributed by atoms with E-state index in [1.54, 1.807) is 0 Å². The van der Waals surface area contributed by atoms with Crippen LogP contribution in [0.3, 0.4) is 0 Å². The highest BCUT2D eigenvalue weighted by Crippen LogP contribution is 2.42. The van der Waals surface area contributed by atoms with E-state index in [0.717, 1.165) is 62.7 Å². The number of fused-ring (bicyclic) bond motifs is 1. The van der Waals surface area contributed by atoms with Crippen molar-refractivity contribution in [2.24, 2.45) is 0 Å². The minimum Gasteiger partial charge on any atom is -0.494 e. The quantitative estimate of drug-likeness (QED) is 0.356. The number of hydrogen-bond donors (Lipinski definition) is 0. The molecular weight excluding hydrogens is 460 g/mol. The van der Waals surface area contributed by atoms with Gasteiger partial charge in [0.2, 0.25) is 5.91 Å². The average Bonchev–Trinajstić information content (AvgIpc) is 2.94. The van der Waals surface area contributed by atoms with Crippen molar-refractivity contribution in [1.82, 2.24) is 9.80 Å². The predicted molar refractivity (Wildman–Crippen MR) is 146 cm³/mol.